The number of pyridine rings is 1. The molecular formula is C19H18N4O2. The summed E-state index contributed by atoms with van der Waals surface area (Å²) in [6.45, 7) is 1.68. The van der Waals surface area contributed by atoms with Gasteiger partial charge < -0.3 is 5.32 Å². The van der Waals surface area contributed by atoms with Crippen molar-refractivity contribution in [2.75, 3.05) is 5.32 Å². The van der Waals surface area contributed by atoms with E-state index in [4.69, 9.17) is 0 Å². The summed E-state index contributed by atoms with van der Waals surface area (Å²) in [5, 5.41) is 8.16. The second kappa shape index (κ2) is 6.12. The largest absolute Gasteiger partial charge is 0.323 e. The predicted octanol–water partition coefficient (Wildman–Crippen LogP) is 2.48. The number of anilines is 1. The highest BCUT2D eigenvalue weighted by atomic mass is 16.2. The molecule has 0 aliphatic heterocycles. The Labute approximate surface area is 144 Å². The summed E-state index contributed by atoms with van der Waals surface area (Å²) in [6, 6.07) is 10.5. The first-order chi connectivity index (χ1) is 12.1. The Morgan fingerprint density at radius 2 is 2.08 bits per heavy atom. The van der Waals surface area contributed by atoms with Crippen molar-refractivity contribution >= 4 is 22.5 Å². The highest BCUT2D eigenvalue weighted by Crippen LogP contribution is 2.19. The molecule has 1 aliphatic rings. The van der Waals surface area contributed by atoms with Crippen molar-refractivity contribution in [3.05, 3.63) is 64.2 Å². The number of fused-ring (bicyclic) bond motifs is 2. The lowest BCUT2D eigenvalue weighted by Crippen LogP contribution is -2.34. The molecule has 4 rings (SSSR count). The molecule has 1 unspecified atom stereocenters. The summed E-state index contributed by atoms with van der Waals surface area (Å²) in [4.78, 5) is 29.2. The predicted molar refractivity (Wildman–Crippen MR) is 95.6 cm³/mol. The van der Waals surface area contributed by atoms with Crippen LogP contribution in [0.4, 0.5) is 5.69 Å². The van der Waals surface area contributed by atoms with E-state index >= 15 is 0 Å². The number of hydrogen-bond donors (Lipinski definition) is 1. The van der Waals surface area contributed by atoms with Gasteiger partial charge in [0.2, 0.25) is 5.91 Å². The van der Waals surface area contributed by atoms with Crippen molar-refractivity contribution in [2.24, 2.45) is 0 Å². The number of benzene rings is 1. The molecular weight excluding hydrogens is 316 g/mol. The van der Waals surface area contributed by atoms with Gasteiger partial charge in [0.05, 0.1) is 23.1 Å². The molecule has 0 radical (unpaired) electrons. The molecule has 0 bridgehead atoms. The van der Waals surface area contributed by atoms with Crippen LogP contribution in [0.25, 0.3) is 10.9 Å². The Balaban J connectivity index is 1.59. The minimum Gasteiger partial charge on any atom is -0.323 e. The SMILES string of the molecule is CC(C(=O)Nc1cnc2ccccc2c1)n1nc2c(cc1=O)CCC2. The molecule has 1 atom stereocenters. The Kier molecular flexibility index (Phi) is 3.80. The lowest BCUT2D eigenvalue weighted by Gasteiger charge is -2.15. The van der Waals surface area contributed by atoms with Gasteiger partial charge in [0, 0.05) is 11.5 Å². The van der Waals surface area contributed by atoms with Gasteiger partial charge in [-0.1, -0.05) is 18.2 Å². The molecule has 2 heterocycles. The number of para-hydroxylation sites is 1. The van der Waals surface area contributed by atoms with Gasteiger partial charge in [-0.2, -0.15) is 5.10 Å². The Bertz CT molecular complexity index is 1030. The van der Waals surface area contributed by atoms with Crippen molar-refractivity contribution < 1.29 is 4.79 Å². The number of rotatable bonds is 3. The molecule has 0 saturated carbocycles. The number of carbonyl (C=O) groups is 1. The highest BCUT2D eigenvalue weighted by molar-refractivity contribution is 5.95. The fraction of sp³-hybridized carbons (Fsp3) is 0.263. The summed E-state index contributed by atoms with van der Waals surface area (Å²) < 4.78 is 1.27. The zero-order valence-corrected chi connectivity index (χ0v) is 13.9. The molecule has 126 valence electrons. The Morgan fingerprint density at radius 1 is 1.24 bits per heavy atom. The molecule has 6 nitrogen and oxygen atoms in total. The average Bonchev–Trinajstić information content (AvgIpc) is 3.07. The van der Waals surface area contributed by atoms with Crippen LogP contribution in [0, 0.1) is 0 Å². The minimum atomic E-state index is -0.690. The van der Waals surface area contributed by atoms with Gasteiger partial charge in [0.1, 0.15) is 6.04 Å². The van der Waals surface area contributed by atoms with Crippen molar-refractivity contribution in [1.82, 2.24) is 14.8 Å². The second-order valence-electron chi connectivity index (χ2n) is 6.33. The molecule has 1 aliphatic carbocycles. The van der Waals surface area contributed by atoms with E-state index in [2.05, 4.69) is 15.4 Å². The van der Waals surface area contributed by atoms with Crippen LogP contribution in [0.1, 0.15) is 30.6 Å². The van der Waals surface area contributed by atoms with Crippen LogP contribution < -0.4 is 10.9 Å². The van der Waals surface area contributed by atoms with Crippen molar-refractivity contribution in [1.29, 1.82) is 0 Å². The van der Waals surface area contributed by atoms with Gasteiger partial charge in [-0.15, -0.1) is 0 Å². The lowest BCUT2D eigenvalue weighted by molar-refractivity contribution is -0.119. The van der Waals surface area contributed by atoms with Gasteiger partial charge in [-0.05, 0) is 43.9 Å². The van der Waals surface area contributed by atoms with Gasteiger partial charge in [0.15, 0.2) is 0 Å². The number of aryl methyl sites for hydroxylation is 2. The van der Waals surface area contributed by atoms with E-state index in [1.54, 1.807) is 19.2 Å². The van der Waals surface area contributed by atoms with E-state index in [0.29, 0.717) is 5.69 Å². The van der Waals surface area contributed by atoms with Crippen LogP contribution >= 0.6 is 0 Å². The topological polar surface area (TPSA) is 76.9 Å². The van der Waals surface area contributed by atoms with Crippen molar-refractivity contribution in [2.45, 2.75) is 32.2 Å². The van der Waals surface area contributed by atoms with Crippen LogP contribution in [0.5, 0.6) is 0 Å². The first-order valence-corrected chi connectivity index (χ1v) is 8.39. The number of nitrogens with one attached hydrogen (secondary N) is 1. The number of hydrogen-bond acceptors (Lipinski definition) is 4. The van der Waals surface area contributed by atoms with Gasteiger partial charge in [-0.3, -0.25) is 14.6 Å². The first kappa shape index (κ1) is 15.5. The summed E-state index contributed by atoms with van der Waals surface area (Å²) in [5.74, 6) is -0.287. The van der Waals surface area contributed by atoms with Crippen molar-refractivity contribution in [3.8, 4) is 0 Å². The maximum atomic E-state index is 12.6. The zero-order valence-electron chi connectivity index (χ0n) is 13.9. The minimum absolute atomic E-state index is 0.236. The van der Waals surface area contributed by atoms with Gasteiger partial charge >= 0.3 is 0 Å². The number of carbonyl (C=O) groups excluding carboxylic acids is 1. The van der Waals surface area contributed by atoms with Crippen LogP contribution in [0.3, 0.4) is 0 Å². The smallest absolute Gasteiger partial charge is 0.267 e. The van der Waals surface area contributed by atoms with Crippen molar-refractivity contribution in [3.63, 3.8) is 0 Å². The quantitative estimate of drug-likeness (QED) is 0.798. The van der Waals surface area contributed by atoms with Gasteiger partial charge in [-0.25, -0.2) is 4.68 Å². The third-order valence-electron chi connectivity index (χ3n) is 4.59. The Morgan fingerprint density at radius 3 is 2.96 bits per heavy atom. The van der Waals surface area contributed by atoms with E-state index in [1.807, 2.05) is 30.3 Å². The highest BCUT2D eigenvalue weighted by Gasteiger charge is 2.21. The Hall–Kier alpha value is -3.02. The van der Waals surface area contributed by atoms with Crippen LogP contribution in [-0.2, 0) is 17.6 Å². The monoisotopic (exact) mass is 334 g/mol. The molecule has 0 fully saturated rings. The van der Waals surface area contributed by atoms with Crippen LogP contribution in [-0.4, -0.2) is 20.7 Å². The second-order valence-corrected chi connectivity index (χ2v) is 6.33. The summed E-state index contributed by atoms with van der Waals surface area (Å²) in [7, 11) is 0. The normalized spacial score (nSPS) is 14.3. The fourth-order valence-electron chi connectivity index (χ4n) is 3.19. The van der Waals surface area contributed by atoms with Crippen LogP contribution in [0.2, 0.25) is 0 Å². The van der Waals surface area contributed by atoms with E-state index in [9.17, 15) is 9.59 Å². The molecule has 2 aromatic heterocycles. The molecule has 25 heavy (non-hydrogen) atoms. The number of aromatic nitrogens is 3. The standard InChI is InChI=1S/C19H18N4O2/c1-12(23-18(24)10-14-6-4-8-17(14)22-23)19(25)21-15-9-13-5-2-3-7-16(13)20-11-15/h2-3,5,7,9-12H,4,6,8H2,1H3,(H,21,25). The molecule has 0 saturated heterocycles. The molecule has 1 aromatic carbocycles. The lowest BCUT2D eigenvalue weighted by atomic mass is 10.2. The molecule has 1 amide bonds. The van der Waals surface area contributed by atoms with E-state index < -0.39 is 6.04 Å². The summed E-state index contributed by atoms with van der Waals surface area (Å²) >= 11 is 0. The molecule has 0 spiro atoms. The number of amides is 1. The van der Waals surface area contributed by atoms with E-state index in [1.165, 1.54) is 4.68 Å². The third kappa shape index (κ3) is 2.91. The molecule has 6 heteroatoms. The average molecular weight is 334 g/mol. The molecule has 1 N–H and O–H groups in total. The summed E-state index contributed by atoms with van der Waals surface area (Å²) in [5.41, 5.74) is 3.16. The summed E-state index contributed by atoms with van der Waals surface area (Å²) in [6.07, 6.45) is 4.38. The first-order valence-electron chi connectivity index (χ1n) is 8.39. The maximum absolute atomic E-state index is 12.6. The fourth-order valence-corrected chi connectivity index (χ4v) is 3.19. The van der Waals surface area contributed by atoms with Crippen LogP contribution in [0.15, 0.2) is 47.4 Å². The maximum Gasteiger partial charge on any atom is 0.267 e. The van der Waals surface area contributed by atoms with Gasteiger partial charge in [0.25, 0.3) is 5.56 Å². The van der Waals surface area contributed by atoms with E-state index in [-0.39, 0.29) is 11.5 Å². The molecule has 3 aromatic rings. The third-order valence-corrected chi connectivity index (χ3v) is 4.59. The number of nitrogens with zero attached hydrogens (tertiary/aromatic N) is 3. The van der Waals surface area contributed by atoms with E-state index in [0.717, 1.165) is 41.4 Å². The zero-order chi connectivity index (χ0) is 17.4.